The minimum absolute atomic E-state index is 0.190. The highest BCUT2D eigenvalue weighted by Crippen LogP contribution is 2.11. The third-order valence-electron chi connectivity index (χ3n) is 1.43. The molecule has 1 atom stereocenters. The van der Waals surface area contributed by atoms with Gasteiger partial charge in [0.05, 0.1) is 6.42 Å². The molecule has 1 rings (SSSR count). The Morgan fingerprint density at radius 2 is 2.40 bits per heavy atom. The summed E-state index contributed by atoms with van der Waals surface area (Å²) in [7, 11) is 0. The fourth-order valence-electron chi connectivity index (χ4n) is 0.795. The first kappa shape index (κ1) is 7.52. The van der Waals surface area contributed by atoms with Gasteiger partial charge < -0.3 is 5.73 Å². The Morgan fingerprint density at radius 1 is 1.70 bits per heavy atom. The Balaban J connectivity index is 2.76. The van der Waals surface area contributed by atoms with E-state index in [4.69, 9.17) is 5.73 Å². The molecule has 0 aromatic heterocycles. The molecule has 1 saturated heterocycles. The van der Waals surface area contributed by atoms with E-state index in [1.807, 2.05) is 0 Å². The van der Waals surface area contributed by atoms with Crippen molar-refractivity contribution in [3.05, 3.63) is 0 Å². The maximum absolute atomic E-state index is 10.7. The Hall–Kier alpha value is -0.590. The summed E-state index contributed by atoms with van der Waals surface area (Å²) in [4.78, 5) is 9.53. The van der Waals surface area contributed by atoms with E-state index < -0.39 is 10.8 Å². The average molecular weight is 162 g/mol. The highest BCUT2D eigenvalue weighted by atomic mass is 32.1. The van der Waals surface area contributed by atoms with E-state index in [1.54, 1.807) is 0 Å². The number of carbonyl (C=O) groups excluding carboxylic acids is 1. The summed E-state index contributed by atoms with van der Waals surface area (Å²) in [5.41, 5.74) is 10.2. The molecule has 1 unspecified atom stereocenters. The zero-order valence-corrected chi connectivity index (χ0v) is 6.03. The van der Waals surface area contributed by atoms with Crippen LogP contribution >= 0.6 is 0 Å². The number of nitrogens with one attached hydrogen (secondary N) is 2. The van der Waals surface area contributed by atoms with Crippen molar-refractivity contribution in [3.63, 3.8) is 0 Å². The van der Waals surface area contributed by atoms with Crippen LogP contribution in [-0.2, 0) is 20.7 Å². The molecule has 5 nitrogen and oxygen atoms in total. The van der Waals surface area contributed by atoms with Crippen molar-refractivity contribution in [2.75, 3.05) is 6.54 Å². The Morgan fingerprint density at radius 3 is 2.60 bits per heavy atom. The van der Waals surface area contributed by atoms with Crippen molar-refractivity contribution in [3.8, 4) is 0 Å². The fraction of sp³-hybridized carbons (Fsp3) is 0.750. The van der Waals surface area contributed by atoms with E-state index in [2.05, 4.69) is 10.9 Å². The number of amides is 1. The third-order valence-corrected chi connectivity index (χ3v) is 2.22. The molecule has 1 amide bonds. The molecule has 0 radical (unpaired) electrons. The topological polar surface area (TPSA) is 84.2 Å². The molecule has 1 fully saturated rings. The molecule has 1 heterocycles. The molecule has 0 spiro atoms. The molecule has 1 aliphatic rings. The predicted octanol–water partition coefficient (Wildman–Crippen LogP) is -1.91. The van der Waals surface area contributed by atoms with Gasteiger partial charge in [-0.25, -0.2) is 0 Å². The second-order valence-electron chi connectivity index (χ2n) is 2.08. The highest BCUT2D eigenvalue weighted by molar-refractivity contribution is 7.68. The normalized spacial score (nSPS) is 32.0. The van der Waals surface area contributed by atoms with Crippen LogP contribution in [0.1, 0.15) is 6.42 Å². The Kier molecular flexibility index (Phi) is 1.93. The molecule has 0 aliphatic carbocycles. The van der Waals surface area contributed by atoms with Gasteiger partial charge in [-0.05, 0) is 0 Å². The molecular weight excluding hydrogens is 154 g/mol. The van der Waals surface area contributed by atoms with Gasteiger partial charge in [0.1, 0.15) is 0 Å². The predicted molar refractivity (Wildman–Crippen MR) is 35.7 cm³/mol. The lowest BCUT2D eigenvalue weighted by Gasteiger charge is -2.02. The van der Waals surface area contributed by atoms with Crippen LogP contribution < -0.4 is 16.6 Å². The van der Waals surface area contributed by atoms with Crippen LogP contribution in [0.3, 0.4) is 0 Å². The molecule has 0 aromatic rings. The monoisotopic (exact) mass is 162 g/mol. The average Bonchev–Trinajstić information content (AvgIpc) is 2.35. The van der Waals surface area contributed by atoms with Gasteiger partial charge >= 0.3 is 22.4 Å². The van der Waals surface area contributed by atoms with E-state index in [0.717, 1.165) is 0 Å². The van der Waals surface area contributed by atoms with E-state index in [0.29, 0.717) is 13.0 Å². The second kappa shape index (κ2) is 2.57. The van der Waals surface area contributed by atoms with Crippen molar-refractivity contribution in [2.45, 2.75) is 11.3 Å². The van der Waals surface area contributed by atoms with Crippen LogP contribution in [0.2, 0.25) is 0 Å². The van der Waals surface area contributed by atoms with Crippen molar-refractivity contribution in [1.29, 1.82) is 0 Å². The third kappa shape index (κ3) is 1.00. The number of carbonyl (C=O) groups is 1. The molecule has 56 valence electrons. The first-order valence-electron chi connectivity index (χ1n) is 2.82. The first-order valence-corrected chi connectivity index (χ1v) is 3.56. The summed E-state index contributed by atoms with van der Waals surface area (Å²) < 4.78 is 10.4. The van der Waals surface area contributed by atoms with Gasteiger partial charge in [-0.2, -0.15) is 5.43 Å². The van der Waals surface area contributed by atoms with Gasteiger partial charge in [0.15, 0.2) is 0 Å². The lowest BCUT2D eigenvalue weighted by Crippen LogP contribution is -2.53. The summed E-state index contributed by atoms with van der Waals surface area (Å²) >= 11 is 0.190. The largest absolute Gasteiger partial charge is 0.495 e. The number of rotatable bonds is 2. The molecule has 6 heteroatoms. The standard InChI is InChI=1S/C4H7N3O2S/c5-3(8)4(10-9)1-2-6-7-4/h6-7H,1-2H2,(H-,5,8)/p+1. The van der Waals surface area contributed by atoms with Crippen molar-refractivity contribution in [2.24, 2.45) is 5.73 Å². The minimum Gasteiger partial charge on any atom is -0.363 e. The van der Waals surface area contributed by atoms with Crippen LogP contribution in [0.15, 0.2) is 0 Å². The number of primary amides is 1. The van der Waals surface area contributed by atoms with E-state index in [9.17, 15) is 9.00 Å². The molecule has 0 saturated carbocycles. The van der Waals surface area contributed by atoms with Crippen molar-refractivity contribution < 1.29 is 9.00 Å². The number of nitrogens with two attached hydrogens (primary N) is 1. The van der Waals surface area contributed by atoms with Gasteiger partial charge in [0, 0.05) is 10.8 Å². The molecular formula is C4H8N3O2S+. The van der Waals surface area contributed by atoms with Crippen molar-refractivity contribution >= 4 is 17.6 Å². The zero-order chi connectivity index (χ0) is 7.61. The molecule has 0 aromatic carbocycles. The molecule has 10 heavy (non-hydrogen) atoms. The first-order chi connectivity index (χ1) is 4.71. The quantitative estimate of drug-likeness (QED) is 0.414. The number of hydrogen-bond acceptors (Lipinski definition) is 4. The van der Waals surface area contributed by atoms with Gasteiger partial charge in [-0.1, -0.05) is 0 Å². The van der Waals surface area contributed by atoms with E-state index in [1.165, 1.54) is 0 Å². The van der Waals surface area contributed by atoms with Gasteiger partial charge in [0.25, 0.3) is 0 Å². The summed E-state index contributed by atoms with van der Waals surface area (Å²) in [5.74, 6) is -0.613. The lowest BCUT2D eigenvalue weighted by atomic mass is 10.2. The van der Waals surface area contributed by atoms with E-state index in [-0.39, 0.29) is 11.7 Å². The Labute approximate surface area is 61.8 Å². The van der Waals surface area contributed by atoms with Crippen LogP contribution in [0.4, 0.5) is 0 Å². The Bertz CT molecular complexity index is 166. The maximum Gasteiger partial charge on any atom is 0.495 e. The van der Waals surface area contributed by atoms with Crippen LogP contribution in [0, 0.1) is 0 Å². The van der Waals surface area contributed by atoms with Crippen LogP contribution in [0.25, 0.3) is 0 Å². The highest BCUT2D eigenvalue weighted by Gasteiger charge is 2.54. The molecule has 4 N–H and O–H groups in total. The summed E-state index contributed by atoms with van der Waals surface area (Å²) in [5, 5.41) is 0. The van der Waals surface area contributed by atoms with Gasteiger partial charge in [0.2, 0.25) is 0 Å². The molecule has 1 aliphatic heterocycles. The maximum atomic E-state index is 10.7. The number of hydrogen-bond donors (Lipinski definition) is 3. The zero-order valence-electron chi connectivity index (χ0n) is 5.22. The van der Waals surface area contributed by atoms with Gasteiger partial charge in [-0.15, -0.1) is 0 Å². The number of hydrazine groups is 1. The fourth-order valence-corrected chi connectivity index (χ4v) is 1.18. The minimum atomic E-state index is -1.12. The SMILES string of the molecule is NC(=O)C1([S+]=O)CCNN1. The van der Waals surface area contributed by atoms with Crippen LogP contribution in [-0.4, -0.2) is 17.3 Å². The van der Waals surface area contributed by atoms with Gasteiger partial charge in [-0.3, -0.25) is 10.2 Å². The summed E-state index contributed by atoms with van der Waals surface area (Å²) in [6.45, 7) is 0.595. The summed E-state index contributed by atoms with van der Waals surface area (Å²) in [6.07, 6.45) is 0.441. The smallest absolute Gasteiger partial charge is 0.363 e. The summed E-state index contributed by atoms with van der Waals surface area (Å²) in [6, 6.07) is 0. The lowest BCUT2D eigenvalue weighted by molar-refractivity contribution is -0.120. The van der Waals surface area contributed by atoms with Crippen molar-refractivity contribution in [1.82, 2.24) is 10.9 Å². The molecule has 0 bridgehead atoms. The van der Waals surface area contributed by atoms with E-state index >= 15 is 0 Å². The van der Waals surface area contributed by atoms with Crippen LogP contribution in [0.5, 0.6) is 0 Å². The second-order valence-corrected chi connectivity index (χ2v) is 2.94.